The van der Waals surface area contributed by atoms with E-state index in [0.29, 0.717) is 17.4 Å². The first-order valence-corrected chi connectivity index (χ1v) is 10.4. The van der Waals surface area contributed by atoms with Gasteiger partial charge in [0, 0.05) is 15.6 Å². The Morgan fingerprint density at radius 1 is 1.13 bits per heavy atom. The van der Waals surface area contributed by atoms with E-state index in [-0.39, 0.29) is 26.9 Å². The molecule has 1 N–H and O–H groups in total. The van der Waals surface area contributed by atoms with Crippen molar-refractivity contribution in [3.05, 3.63) is 62.3 Å². The lowest BCUT2D eigenvalue weighted by Crippen LogP contribution is -2.34. The number of hydrogen-bond donors (Lipinski definition) is 1. The zero-order chi connectivity index (χ0) is 22.2. The molecule has 1 amide bonds. The molecule has 162 valence electrons. The fourth-order valence-corrected chi connectivity index (χ4v) is 3.96. The molecule has 1 aliphatic rings. The summed E-state index contributed by atoms with van der Waals surface area (Å²) < 4.78 is 55.5. The van der Waals surface area contributed by atoms with Crippen LogP contribution < -0.4 is 5.32 Å². The van der Waals surface area contributed by atoms with Crippen molar-refractivity contribution in [2.24, 2.45) is 11.8 Å². The number of amides is 1. The van der Waals surface area contributed by atoms with Crippen molar-refractivity contribution in [2.75, 3.05) is 5.32 Å². The Bertz CT molecular complexity index is 943. The first-order chi connectivity index (χ1) is 14.0. The molecule has 2 aromatic rings. The average Bonchev–Trinajstić information content (AvgIpc) is 3.47. The van der Waals surface area contributed by atoms with Crippen LogP contribution in [0.1, 0.15) is 36.8 Å². The SMILES string of the molecule is C[C@H]([C@H](C(=O)Nc1c(Cl)cc(Cl)c(CC2CC2)c1F)c1ccc(Cl)cc1)C(F)(F)F. The standard InChI is InChI=1S/C21H18Cl3F4NO/c1-10(21(26,27)28)17(12-4-6-13(22)7-5-12)20(30)29-19-16(24)9-15(23)14(18(19)25)8-11-2-3-11/h4-7,9-11,17H,2-3,8H2,1H3,(H,29,30)/t10-,17+/m1/s1. The van der Waals surface area contributed by atoms with Crippen LogP contribution >= 0.6 is 34.8 Å². The Kier molecular flexibility index (Phi) is 6.90. The minimum atomic E-state index is -4.65. The molecule has 0 bridgehead atoms. The molecule has 0 saturated heterocycles. The van der Waals surface area contributed by atoms with Gasteiger partial charge in [0.05, 0.1) is 22.5 Å². The van der Waals surface area contributed by atoms with E-state index in [1.165, 1.54) is 30.3 Å². The molecule has 2 atom stereocenters. The van der Waals surface area contributed by atoms with Crippen LogP contribution in [0.15, 0.2) is 30.3 Å². The van der Waals surface area contributed by atoms with Crippen LogP contribution in [-0.4, -0.2) is 12.1 Å². The summed E-state index contributed by atoms with van der Waals surface area (Å²) in [7, 11) is 0. The van der Waals surface area contributed by atoms with Crippen molar-refractivity contribution in [3.8, 4) is 0 Å². The van der Waals surface area contributed by atoms with Gasteiger partial charge in [0.2, 0.25) is 5.91 Å². The van der Waals surface area contributed by atoms with E-state index >= 15 is 4.39 Å². The molecule has 3 rings (SSSR count). The zero-order valence-electron chi connectivity index (χ0n) is 15.8. The normalized spacial score (nSPS) is 16.3. The summed E-state index contributed by atoms with van der Waals surface area (Å²) in [6, 6.07) is 6.76. The predicted octanol–water partition coefficient (Wildman–Crippen LogP) is 7.66. The smallest absolute Gasteiger partial charge is 0.322 e. The van der Waals surface area contributed by atoms with Crippen LogP contribution in [0, 0.1) is 17.7 Å². The summed E-state index contributed by atoms with van der Waals surface area (Å²) in [6.07, 6.45) is -2.38. The second kappa shape index (κ2) is 8.93. The van der Waals surface area contributed by atoms with Crippen molar-refractivity contribution in [2.45, 2.75) is 38.3 Å². The molecule has 0 unspecified atom stereocenters. The lowest BCUT2D eigenvalue weighted by atomic mass is 9.85. The molecular weight excluding hydrogens is 465 g/mol. The highest BCUT2D eigenvalue weighted by molar-refractivity contribution is 6.37. The van der Waals surface area contributed by atoms with Crippen LogP contribution in [0.3, 0.4) is 0 Å². The number of benzene rings is 2. The first-order valence-electron chi connectivity index (χ1n) is 9.28. The summed E-state index contributed by atoms with van der Waals surface area (Å²) in [5, 5.41) is 2.53. The minimum absolute atomic E-state index is 0.102. The van der Waals surface area contributed by atoms with E-state index in [9.17, 15) is 18.0 Å². The summed E-state index contributed by atoms with van der Waals surface area (Å²) in [4.78, 5) is 12.9. The van der Waals surface area contributed by atoms with Crippen molar-refractivity contribution in [1.82, 2.24) is 0 Å². The van der Waals surface area contributed by atoms with Crippen LogP contribution in [0.25, 0.3) is 0 Å². The Labute approximate surface area is 186 Å². The Balaban J connectivity index is 1.96. The molecular formula is C21H18Cl3F4NO. The van der Waals surface area contributed by atoms with Gasteiger partial charge in [-0.25, -0.2) is 4.39 Å². The first kappa shape index (κ1) is 23.2. The van der Waals surface area contributed by atoms with Gasteiger partial charge in [-0.15, -0.1) is 0 Å². The van der Waals surface area contributed by atoms with Gasteiger partial charge >= 0.3 is 6.18 Å². The third-order valence-electron chi connectivity index (χ3n) is 5.23. The van der Waals surface area contributed by atoms with E-state index in [1.54, 1.807) is 0 Å². The average molecular weight is 483 g/mol. The van der Waals surface area contributed by atoms with Crippen molar-refractivity contribution >= 4 is 46.4 Å². The molecule has 30 heavy (non-hydrogen) atoms. The minimum Gasteiger partial charge on any atom is -0.322 e. The van der Waals surface area contributed by atoms with Crippen LogP contribution in [0.5, 0.6) is 0 Å². The summed E-state index contributed by atoms with van der Waals surface area (Å²) >= 11 is 18.0. The Hall–Kier alpha value is -1.50. The number of rotatable bonds is 6. The van der Waals surface area contributed by atoms with E-state index in [2.05, 4.69) is 5.32 Å². The molecule has 0 aliphatic heterocycles. The van der Waals surface area contributed by atoms with Gasteiger partial charge in [-0.2, -0.15) is 13.2 Å². The second-order valence-corrected chi connectivity index (χ2v) is 8.75. The Morgan fingerprint density at radius 2 is 1.73 bits per heavy atom. The third-order valence-corrected chi connectivity index (χ3v) is 6.12. The van der Waals surface area contributed by atoms with Crippen LogP contribution in [0.4, 0.5) is 23.2 Å². The molecule has 2 aromatic carbocycles. The van der Waals surface area contributed by atoms with Gasteiger partial charge in [-0.1, -0.05) is 53.9 Å². The zero-order valence-corrected chi connectivity index (χ0v) is 18.1. The lowest BCUT2D eigenvalue weighted by molar-refractivity contribution is -0.178. The van der Waals surface area contributed by atoms with E-state index in [0.717, 1.165) is 19.8 Å². The Morgan fingerprint density at radius 3 is 2.27 bits per heavy atom. The van der Waals surface area contributed by atoms with Gasteiger partial charge in [-0.3, -0.25) is 4.79 Å². The lowest BCUT2D eigenvalue weighted by Gasteiger charge is -2.26. The van der Waals surface area contributed by atoms with Crippen molar-refractivity contribution in [3.63, 3.8) is 0 Å². The van der Waals surface area contributed by atoms with Crippen molar-refractivity contribution < 1.29 is 22.4 Å². The molecule has 0 radical (unpaired) electrons. The molecule has 1 aliphatic carbocycles. The fourth-order valence-electron chi connectivity index (χ4n) is 3.27. The highest BCUT2D eigenvalue weighted by Crippen LogP contribution is 2.42. The van der Waals surface area contributed by atoms with E-state index < -0.39 is 29.7 Å². The van der Waals surface area contributed by atoms with E-state index in [4.69, 9.17) is 34.8 Å². The third kappa shape index (κ3) is 5.21. The number of alkyl halides is 3. The van der Waals surface area contributed by atoms with E-state index in [1.807, 2.05) is 0 Å². The maximum Gasteiger partial charge on any atom is 0.392 e. The number of carbonyl (C=O) groups excluding carboxylic acids is 1. The highest BCUT2D eigenvalue weighted by atomic mass is 35.5. The van der Waals surface area contributed by atoms with Gasteiger partial charge in [-0.05, 0) is 48.9 Å². The molecule has 1 fully saturated rings. The molecule has 0 aromatic heterocycles. The number of anilines is 1. The number of carbonyl (C=O) groups is 1. The quantitative estimate of drug-likeness (QED) is 0.421. The van der Waals surface area contributed by atoms with Gasteiger partial charge in [0.15, 0.2) is 5.82 Å². The van der Waals surface area contributed by atoms with Crippen molar-refractivity contribution in [1.29, 1.82) is 0 Å². The summed E-state index contributed by atoms with van der Waals surface area (Å²) in [5.41, 5.74) is -0.0637. The molecule has 0 spiro atoms. The number of halogens is 7. The fraction of sp³-hybridized carbons (Fsp3) is 0.381. The monoisotopic (exact) mass is 481 g/mol. The maximum atomic E-state index is 15.1. The predicted molar refractivity (Wildman–Crippen MR) is 111 cm³/mol. The molecule has 1 saturated carbocycles. The topological polar surface area (TPSA) is 29.1 Å². The second-order valence-electron chi connectivity index (χ2n) is 7.50. The summed E-state index contributed by atoms with van der Waals surface area (Å²) in [6.45, 7) is 0.900. The number of hydrogen-bond acceptors (Lipinski definition) is 1. The van der Waals surface area contributed by atoms with Gasteiger partial charge in [0.1, 0.15) is 0 Å². The van der Waals surface area contributed by atoms with Gasteiger partial charge in [0.25, 0.3) is 0 Å². The van der Waals surface area contributed by atoms with Crippen LogP contribution in [0.2, 0.25) is 15.1 Å². The molecule has 9 heteroatoms. The summed E-state index contributed by atoms with van der Waals surface area (Å²) in [5.74, 6) is -5.20. The van der Waals surface area contributed by atoms with Crippen LogP contribution in [-0.2, 0) is 11.2 Å². The molecule has 2 nitrogen and oxygen atoms in total. The highest BCUT2D eigenvalue weighted by Gasteiger charge is 2.45. The largest absolute Gasteiger partial charge is 0.392 e. The number of nitrogens with one attached hydrogen (secondary N) is 1. The molecule has 0 heterocycles. The van der Waals surface area contributed by atoms with Gasteiger partial charge < -0.3 is 5.32 Å². The maximum absolute atomic E-state index is 15.1.